The van der Waals surface area contributed by atoms with Crippen molar-refractivity contribution in [1.82, 2.24) is 9.97 Å². The van der Waals surface area contributed by atoms with Gasteiger partial charge in [-0.2, -0.15) is 0 Å². The van der Waals surface area contributed by atoms with Crippen LogP contribution in [0.4, 0.5) is 11.5 Å². The summed E-state index contributed by atoms with van der Waals surface area (Å²) in [6.07, 6.45) is 5.28. The van der Waals surface area contributed by atoms with Gasteiger partial charge >= 0.3 is 0 Å². The lowest BCUT2D eigenvalue weighted by molar-refractivity contribution is 0.869. The Morgan fingerprint density at radius 2 is 2.00 bits per heavy atom. The van der Waals surface area contributed by atoms with Crippen molar-refractivity contribution in [3.63, 3.8) is 0 Å². The highest BCUT2D eigenvalue weighted by molar-refractivity contribution is 7.19. The number of nitrogens with zero attached hydrogens (tertiary/aromatic N) is 2. The van der Waals surface area contributed by atoms with Crippen molar-refractivity contribution in [2.24, 2.45) is 0 Å². The van der Waals surface area contributed by atoms with Crippen LogP contribution < -0.4 is 5.32 Å². The minimum atomic E-state index is 0.481. The van der Waals surface area contributed by atoms with E-state index in [1.165, 1.54) is 34.2 Å². The second-order valence-corrected chi connectivity index (χ2v) is 7.21. The van der Waals surface area contributed by atoms with Gasteiger partial charge in [0.15, 0.2) is 0 Å². The molecule has 3 nitrogen and oxygen atoms in total. The summed E-state index contributed by atoms with van der Waals surface area (Å²) in [6, 6.07) is 8.49. The number of aryl methyl sites for hydroxylation is 2. The molecule has 1 N–H and O–H groups in total. The lowest BCUT2D eigenvalue weighted by Crippen LogP contribution is -2.00. The number of nitrogens with one attached hydrogen (secondary N) is 1. The molecule has 3 aromatic rings. The maximum Gasteiger partial charge on any atom is 0.142 e. The number of hydrogen-bond acceptors (Lipinski definition) is 4. The summed E-state index contributed by atoms with van der Waals surface area (Å²) in [5, 5.41) is 4.80. The number of para-hydroxylation sites is 1. The number of anilines is 2. The first-order valence-electron chi connectivity index (χ1n) is 7.85. The molecule has 1 aromatic carbocycles. The van der Waals surface area contributed by atoms with E-state index < -0.39 is 0 Å². The minimum Gasteiger partial charge on any atom is -0.339 e. The Labute approximate surface area is 134 Å². The molecular weight excluding hydrogens is 290 g/mol. The van der Waals surface area contributed by atoms with Crippen molar-refractivity contribution in [3.8, 4) is 0 Å². The van der Waals surface area contributed by atoms with E-state index >= 15 is 0 Å². The summed E-state index contributed by atoms with van der Waals surface area (Å²) < 4.78 is 0. The van der Waals surface area contributed by atoms with Crippen LogP contribution in [0.5, 0.6) is 0 Å². The second kappa shape index (κ2) is 5.36. The van der Waals surface area contributed by atoms with E-state index in [-0.39, 0.29) is 0 Å². The summed E-state index contributed by atoms with van der Waals surface area (Å²) in [7, 11) is 0. The number of aromatic nitrogens is 2. The molecule has 4 rings (SSSR count). The van der Waals surface area contributed by atoms with Gasteiger partial charge < -0.3 is 5.32 Å². The fourth-order valence-corrected chi connectivity index (χ4v) is 4.49. The number of hydrogen-bond donors (Lipinski definition) is 1. The standard InChI is InChI=1S/C18H19N3S/c1-11(2)12-6-3-4-8-14(12)21-17-16-13-7-5-9-15(13)22-18(16)20-10-19-17/h3-4,6,8,10-11H,5,7,9H2,1-2H3,(H,19,20,21). The molecule has 2 aromatic heterocycles. The van der Waals surface area contributed by atoms with Crippen molar-refractivity contribution in [2.75, 3.05) is 5.32 Å². The van der Waals surface area contributed by atoms with Crippen LogP contribution in [0, 0.1) is 0 Å². The van der Waals surface area contributed by atoms with Gasteiger partial charge in [0.1, 0.15) is 17.0 Å². The molecule has 0 atom stereocenters. The molecule has 0 spiro atoms. The average Bonchev–Trinajstić information content (AvgIpc) is 3.08. The van der Waals surface area contributed by atoms with Crippen LogP contribution in [0.15, 0.2) is 30.6 Å². The van der Waals surface area contributed by atoms with E-state index in [4.69, 9.17) is 0 Å². The first kappa shape index (κ1) is 13.7. The Bertz CT molecular complexity index is 835. The molecule has 112 valence electrons. The second-order valence-electron chi connectivity index (χ2n) is 6.13. The zero-order chi connectivity index (χ0) is 15.1. The van der Waals surface area contributed by atoms with Crippen molar-refractivity contribution in [2.45, 2.75) is 39.0 Å². The third-order valence-electron chi connectivity index (χ3n) is 4.34. The zero-order valence-corrected chi connectivity index (χ0v) is 13.7. The van der Waals surface area contributed by atoms with Gasteiger partial charge in [0.2, 0.25) is 0 Å². The average molecular weight is 309 g/mol. The van der Waals surface area contributed by atoms with Gasteiger partial charge in [0.25, 0.3) is 0 Å². The molecule has 4 heteroatoms. The number of rotatable bonds is 3. The molecule has 0 fully saturated rings. The Hall–Kier alpha value is -1.94. The third-order valence-corrected chi connectivity index (χ3v) is 5.54. The highest BCUT2D eigenvalue weighted by atomic mass is 32.1. The minimum absolute atomic E-state index is 0.481. The molecular formula is C18H19N3S. The molecule has 0 saturated carbocycles. The third kappa shape index (κ3) is 2.18. The van der Waals surface area contributed by atoms with Crippen LogP contribution in [0.3, 0.4) is 0 Å². The normalized spacial score (nSPS) is 13.8. The largest absolute Gasteiger partial charge is 0.339 e. The van der Waals surface area contributed by atoms with Gasteiger partial charge in [0.05, 0.1) is 5.39 Å². The predicted molar refractivity (Wildman–Crippen MR) is 93.3 cm³/mol. The molecule has 0 radical (unpaired) electrons. The highest BCUT2D eigenvalue weighted by Gasteiger charge is 2.21. The van der Waals surface area contributed by atoms with Crippen LogP contribution in [-0.2, 0) is 12.8 Å². The molecule has 0 saturated heterocycles. The van der Waals surface area contributed by atoms with Crippen LogP contribution in [0.1, 0.15) is 42.2 Å². The van der Waals surface area contributed by atoms with E-state index in [9.17, 15) is 0 Å². The quantitative estimate of drug-likeness (QED) is 0.736. The topological polar surface area (TPSA) is 37.8 Å². The van der Waals surface area contributed by atoms with Crippen LogP contribution in [-0.4, -0.2) is 9.97 Å². The molecule has 2 heterocycles. The summed E-state index contributed by atoms with van der Waals surface area (Å²) in [5.41, 5.74) is 3.93. The monoisotopic (exact) mass is 309 g/mol. The fraction of sp³-hybridized carbons (Fsp3) is 0.333. The lowest BCUT2D eigenvalue weighted by Gasteiger charge is -2.14. The first-order valence-corrected chi connectivity index (χ1v) is 8.67. The van der Waals surface area contributed by atoms with E-state index in [1.54, 1.807) is 6.33 Å². The smallest absolute Gasteiger partial charge is 0.142 e. The predicted octanol–water partition coefficient (Wildman–Crippen LogP) is 5.05. The van der Waals surface area contributed by atoms with Crippen LogP contribution in [0.25, 0.3) is 10.2 Å². The van der Waals surface area contributed by atoms with Crippen molar-refractivity contribution in [3.05, 3.63) is 46.6 Å². The number of fused-ring (bicyclic) bond motifs is 3. The van der Waals surface area contributed by atoms with Crippen molar-refractivity contribution < 1.29 is 0 Å². The summed E-state index contributed by atoms with van der Waals surface area (Å²) in [5.74, 6) is 1.44. The highest BCUT2D eigenvalue weighted by Crippen LogP contribution is 2.40. The number of thiophene rings is 1. The lowest BCUT2D eigenvalue weighted by atomic mass is 10.0. The zero-order valence-electron chi connectivity index (χ0n) is 12.9. The summed E-state index contributed by atoms with van der Waals surface area (Å²) in [4.78, 5) is 11.6. The summed E-state index contributed by atoms with van der Waals surface area (Å²) in [6.45, 7) is 4.44. The molecule has 22 heavy (non-hydrogen) atoms. The van der Waals surface area contributed by atoms with Crippen LogP contribution in [0.2, 0.25) is 0 Å². The Balaban J connectivity index is 1.83. The Morgan fingerprint density at radius 3 is 2.86 bits per heavy atom. The maximum atomic E-state index is 4.54. The molecule has 0 unspecified atom stereocenters. The SMILES string of the molecule is CC(C)c1ccccc1Nc1ncnc2sc3c(c12)CCC3. The van der Waals surface area contributed by atoms with Gasteiger partial charge in [-0.25, -0.2) is 9.97 Å². The molecule has 0 bridgehead atoms. The van der Waals surface area contributed by atoms with E-state index in [1.807, 2.05) is 11.3 Å². The van der Waals surface area contributed by atoms with Crippen LogP contribution >= 0.6 is 11.3 Å². The summed E-state index contributed by atoms with van der Waals surface area (Å²) >= 11 is 1.83. The fourth-order valence-electron chi connectivity index (χ4n) is 3.27. The maximum absolute atomic E-state index is 4.54. The van der Waals surface area contributed by atoms with Gasteiger partial charge in [0, 0.05) is 10.6 Å². The Kier molecular flexibility index (Phi) is 3.34. The molecule has 0 amide bonds. The Morgan fingerprint density at radius 1 is 1.14 bits per heavy atom. The van der Waals surface area contributed by atoms with E-state index in [0.717, 1.165) is 22.8 Å². The molecule has 1 aliphatic rings. The van der Waals surface area contributed by atoms with E-state index in [0.29, 0.717) is 5.92 Å². The number of benzene rings is 1. The van der Waals surface area contributed by atoms with Crippen molar-refractivity contribution in [1.29, 1.82) is 0 Å². The molecule has 1 aliphatic carbocycles. The van der Waals surface area contributed by atoms with Gasteiger partial charge in [-0.1, -0.05) is 32.0 Å². The van der Waals surface area contributed by atoms with Gasteiger partial charge in [-0.15, -0.1) is 11.3 Å². The van der Waals surface area contributed by atoms with Gasteiger partial charge in [-0.3, -0.25) is 0 Å². The molecule has 0 aliphatic heterocycles. The first-order chi connectivity index (χ1) is 10.7. The van der Waals surface area contributed by atoms with E-state index in [2.05, 4.69) is 53.4 Å². The van der Waals surface area contributed by atoms with Crippen molar-refractivity contribution >= 4 is 33.1 Å². The van der Waals surface area contributed by atoms with Gasteiger partial charge in [-0.05, 0) is 42.4 Å².